The van der Waals surface area contributed by atoms with E-state index in [0.717, 1.165) is 4.31 Å². The summed E-state index contributed by atoms with van der Waals surface area (Å²) < 4.78 is 25.9. The molecule has 2 N–H and O–H groups in total. The first-order chi connectivity index (χ1) is 10.6. The summed E-state index contributed by atoms with van der Waals surface area (Å²) in [4.78, 5) is 26.0. The zero-order chi connectivity index (χ0) is 17.5. The van der Waals surface area contributed by atoms with Crippen molar-refractivity contribution in [2.45, 2.75) is 37.8 Å². The van der Waals surface area contributed by atoms with Gasteiger partial charge in [-0.1, -0.05) is 0 Å². The number of rotatable bonds is 4. The van der Waals surface area contributed by atoms with Crippen LogP contribution in [0.25, 0.3) is 0 Å². The lowest BCUT2D eigenvalue weighted by molar-refractivity contribution is 0.0746. The Balaban J connectivity index is 2.49. The van der Waals surface area contributed by atoms with Crippen LogP contribution >= 0.6 is 0 Å². The van der Waals surface area contributed by atoms with Crippen molar-refractivity contribution in [1.29, 1.82) is 0 Å². The van der Waals surface area contributed by atoms with Gasteiger partial charge >= 0.3 is 0 Å². The van der Waals surface area contributed by atoms with Gasteiger partial charge in [0.15, 0.2) is 0 Å². The number of fused-ring (bicyclic) bond motifs is 1. The molecule has 1 aromatic rings. The Morgan fingerprint density at radius 2 is 1.91 bits per heavy atom. The van der Waals surface area contributed by atoms with Gasteiger partial charge in [0, 0.05) is 31.2 Å². The molecule has 0 bridgehead atoms. The lowest BCUT2D eigenvalue weighted by atomic mass is 10.1. The molecule has 0 aromatic heterocycles. The largest absolute Gasteiger partial charge is 0.338 e. The number of carbonyl (C=O) groups excluding carboxylic acids is 2. The lowest BCUT2D eigenvalue weighted by Crippen LogP contribution is -2.39. The highest BCUT2D eigenvalue weighted by atomic mass is 32.2. The maximum Gasteiger partial charge on any atom is 0.269 e. The molecule has 7 nitrogen and oxygen atoms in total. The fraction of sp³-hybridized carbons (Fsp3) is 0.467. The molecule has 0 aliphatic carbocycles. The van der Waals surface area contributed by atoms with Crippen molar-refractivity contribution < 1.29 is 18.0 Å². The molecule has 23 heavy (non-hydrogen) atoms. The number of nitrogens with two attached hydrogens (primary N) is 1. The van der Waals surface area contributed by atoms with Crippen LogP contribution in [0, 0.1) is 0 Å². The fourth-order valence-electron chi connectivity index (χ4n) is 2.45. The van der Waals surface area contributed by atoms with E-state index in [2.05, 4.69) is 0 Å². The molecule has 126 valence electrons. The molecule has 2 rings (SSSR count). The van der Waals surface area contributed by atoms with Gasteiger partial charge in [0.1, 0.15) is 4.90 Å². The third-order valence-corrected chi connectivity index (χ3v) is 5.99. The van der Waals surface area contributed by atoms with E-state index in [0.29, 0.717) is 6.54 Å². The number of benzene rings is 1. The Bertz CT molecular complexity index is 758. The average molecular weight is 339 g/mol. The third-order valence-electron chi connectivity index (χ3n) is 3.99. The van der Waals surface area contributed by atoms with E-state index >= 15 is 0 Å². The van der Waals surface area contributed by atoms with Crippen molar-refractivity contribution in [2.24, 2.45) is 5.73 Å². The second kappa shape index (κ2) is 5.93. The van der Waals surface area contributed by atoms with Gasteiger partial charge in [-0.15, -0.1) is 0 Å². The number of nitrogens with zero attached hydrogens (tertiary/aromatic N) is 2. The van der Waals surface area contributed by atoms with Gasteiger partial charge in [-0.25, -0.2) is 12.7 Å². The van der Waals surface area contributed by atoms with E-state index in [1.54, 1.807) is 27.8 Å². The molecule has 2 amide bonds. The summed E-state index contributed by atoms with van der Waals surface area (Å²) >= 11 is 0. The van der Waals surface area contributed by atoms with Gasteiger partial charge in [0.25, 0.3) is 21.8 Å². The highest BCUT2D eigenvalue weighted by molar-refractivity contribution is 7.90. The summed E-state index contributed by atoms with van der Waals surface area (Å²) in [6.07, 6.45) is 0. The van der Waals surface area contributed by atoms with Gasteiger partial charge in [-0.05, 0) is 39.0 Å². The molecule has 0 fully saturated rings. The maximum absolute atomic E-state index is 12.5. The number of hydrogen-bond acceptors (Lipinski definition) is 5. The normalized spacial score (nSPS) is 17.3. The van der Waals surface area contributed by atoms with Crippen LogP contribution in [0.2, 0.25) is 0 Å². The predicted molar refractivity (Wildman–Crippen MR) is 85.5 cm³/mol. The minimum Gasteiger partial charge on any atom is -0.338 e. The van der Waals surface area contributed by atoms with Crippen LogP contribution in [0.1, 0.15) is 41.5 Å². The maximum atomic E-state index is 12.5. The number of carbonyl (C=O) groups is 2. The Morgan fingerprint density at radius 1 is 1.30 bits per heavy atom. The standard InChI is InChI=1S/C15H21N3O4S/c1-9(2)18-15(20)12-6-5-11(7-13(12)23(18,21)22)14(19)17(4)10(3)8-16/h5-7,9-10H,8,16H2,1-4H3. The van der Waals surface area contributed by atoms with Crippen LogP contribution in [-0.4, -0.2) is 55.1 Å². The molecule has 1 aliphatic heterocycles. The minimum absolute atomic E-state index is 0.102. The third kappa shape index (κ3) is 2.72. The van der Waals surface area contributed by atoms with Gasteiger partial charge in [-0.2, -0.15) is 0 Å². The highest BCUT2D eigenvalue weighted by Crippen LogP contribution is 2.32. The Hall–Kier alpha value is -1.93. The van der Waals surface area contributed by atoms with Crippen LogP contribution in [0.5, 0.6) is 0 Å². The van der Waals surface area contributed by atoms with Crippen LogP contribution < -0.4 is 5.73 Å². The van der Waals surface area contributed by atoms with E-state index in [4.69, 9.17) is 5.73 Å². The molecule has 1 aliphatic rings. The monoisotopic (exact) mass is 339 g/mol. The first-order valence-corrected chi connectivity index (χ1v) is 8.77. The number of hydrogen-bond donors (Lipinski definition) is 1. The Labute approximate surface area is 136 Å². The van der Waals surface area contributed by atoms with E-state index < -0.39 is 22.0 Å². The first kappa shape index (κ1) is 17.4. The minimum atomic E-state index is -3.91. The summed E-state index contributed by atoms with van der Waals surface area (Å²) in [5.41, 5.74) is 5.87. The van der Waals surface area contributed by atoms with Crippen LogP contribution in [0.3, 0.4) is 0 Å². The quantitative estimate of drug-likeness (QED) is 0.868. The zero-order valence-corrected chi connectivity index (χ0v) is 14.4. The zero-order valence-electron chi connectivity index (χ0n) is 13.6. The SMILES string of the molecule is CC(CN)N(C)C(=O)c1ccc2c(c1)S(=O)(=O)N(C(C)C)C2=O. The second-order valence-electron chi connectivity index (χ2n) is 5.91. The Morgan fingerprint density at radius 3 is 2.43 bits per heavy atom. The van der Waals surface area contributed by atoms with Crippen LogP contribution in [0.15, 0.2) is 23.1 Å². The van der Waals surface area contributed by atoms with Crippen LogP contribution in [-0.2, 0) is 10.0 Å². The molecule has 1 heterocycles. The van der Waals surface area contributed by atoms with Crippen molar-refractivity contribution in [3.05, 3.63) is 29.3 Å². The van der Waals surface area contributed by atoms with Crippen molar-refractivity contribution in [3.63, 3.8) is 0 Å². The van der Waals surface area contributed by atoms with Crippen molar-refractivity contribution in [1.82, 2.24) is 9.21 Å². The molecular formula is C15H21N3O4S. The second-order valence-corrected chi connectivity index (χ2v) is 7.69. The van der Waals surface area contributed by atoms with E-state index in [1.165, 1.54) is 23.1 Å². The summed E-state index contributed by atoms with van der Waals surface area (Å²) in [5.74, 6) is -0.894. The first-order valence-electron chi connectivity index (χ1n) is 7.33. The number of amides is 2. The molecule has 1 aromatic carbocycles. The number of likely N-dealkylation sites (N-methyl/N-ethyl adjacent to an activating group) is 1. The highest BCUT2D eigenvalue weighted by Gasteiger charge is 2.43. The van der Waals surface area contributed by atoms with E-state index in [9.17, 15) is 18.0 Å². The molecule has 1 unspecified atom stereocenters. The lowest BCUT2D eigenvalue weighted by Gasteiger charge is -2.23. The van der Waals surface area contributed by atoms with Crippen molar-refractivity contribution >= 4 is 21.8 Å². The molecule has 0 saturated carbocycles. The Kier molecular flexibility index (Phi) is 4.50. The summed E-state index contributed by atoms with van der Waals surface area (Å²) in [6.45, 7) is 5.35. The summed E-state index contributed by atoms with van der Waals surface area (Å²) in [7, 11) is -2.31. The predicted octanol–water partition coefficient (Wildman–Crippen LogP) is 0.659. The van der Waals surface area contributed by atoms with E-state index in [-0.39, 0.29) is 28.0 Å². The van der Waals surface area contributed by atoms with Crippen molar-refractivity contribution in [3.8, 4) is 0 Å². The summed E-state index contributed by atoms with van der Waals surface area (Å²) in [5, 5.41) is 0. The number of sulfonamides is 1. The molecule has 0 saturated heterocycles. The average Bonchev–Trinajstić information content (AvgIpc) is 2.71. The molecule has 0 spiro atoms. The van der Waals surface area contributed by atoms with Gasteiger partial charge in [0.2, 0.25) is 0 Å². The van der Waals surface area contributed by atoms with Crippen LogP contribution in [0.4, 0.5) is 0 Å². The van der Waals surface area contributed by atoms with Gasteiger partial charge < -0.3 is 10.6 Å². The molecule has 0 radical (unpaired) electrons. The molecule has 1 atom stereocenters. The van der Waals surface area contributed by atoms with Gasteiger partial charge in [-0.3, -0.25) is 9.59 Å². The van der Waals surface area contributed by atoms with Gasteiger partial charge in [0.05, 0.1) is 5.56 Å². The summed E-state index contributed by atoms with van der Waals surface area (Å²) in [6, 6.07) is 3.47. The van der Waals surface area contributed by atoms with Crippen molar-refractivity contribution in [2.75, 3.05) is 13.6 Å². The smallest absolute Gasteiger partial charge is 0.269 e. The topological polar surface area (TPSA) is 101 Å². The fourth-order valence-corrected chi connectivity index (χ4v) is 4.25. The molecular weight excluding hydrogens is 318 g/mol. The molecule has 8 heteroatoms. The van der Waals surface area contributed by atoms with E-state index in [1.807, 2.05) is 0 Å².